The maximum Gasteiger partial charge on any atom is 0.416 e. The van der Waals surface area contributed by atoms with Gasteiger partial charge in [-0.3, -0.25) is 10.7 Å². The molecule has 0 radical (unpaired) electrons. The number of carbonyl (C=O) groups is 2. The minimum Gasteiger partial charge on any atom is -0.464 e. The second kappa shape index (κ2) is 7.88. The molecule has 2 aromatic heterocycles. The molecule has 0 fully saturated rings. The van der Waals surface area contributed by atoms with Crippen molar-refractivity contribution in [1.82, 2.24) is 9.55 Å². The first kappa shape index (κ1) is 23.7. The van der Waals surface area contributed by atoms with Gasteiger partial charge in [0.15, 0.2) is 9.84 Å². The molecule has 11 heteroatoms. The van der Waals surface area contributed by atoms with E-state index in [2.05, 4.69) is 4.98 Å². The van der Waals surface area contributed by atoms with Crippen molar-refractivity contribution in [2.45, 2.75) is 31.2 Å². The highest BCUT2D eigenvalue weighted by Crippen LogP contribution is 2.39. The van der Waals surface area contributed by atoms with Crippen molar-refractivity contribution in [2.24, 2.45) is 5.73 Å². The van der Waals surface area contributed by atoms with Crippen LogP contribution in [-0.4, -0.2) is 47.0 Å². The number of nitrogens with two attached hydrogens (primary N) is 1. The molecule has 3 rings (SSSR count). The van der Waals surface area contributed by atoms with E-state index >= 15 is 0 Å². The van der Waals surface area contributed by atoms with Gasteiger partial charge >= 0.3 is 12.1 Å². The Bertz CT molecular complexity index is 1340. The van der Waals surface area contributed by atoms with Crippen molar-refractivity contribution in [1.29, 1.82) is 0 Å². The van der Waals surface area contributed by atoms with Gasteiger partial charge in [0, 0.05) is 35.2 Å². The second-order valence-electron chi connectivity index (χ2n) is 8.27. The van der Waals surface area contributed by atoms with E-state index in [0.717, 1.165) is 17.0 Å². The molecule has 0 bridgehead atoms. The number of hydrogen-bond donors (Lipinski definition) is 2. The average molecular weight is 480 g/mol. The molecule has 3 N–H and O–H groups in total. The summed E-state index contributed by atoms with van der Waals surface area (Å²) < 4.78 is 31.5. The van der Waals surface area contributed by atoms with Gasteiger partial charge in [0.1, 0.15) is 5.60 Å². The number of rotatable bonds is 4. The number of carboxylic acid groups (broad SMARTS) is 1. The van der Waals surface area contributed by atoms with Crippen LogP contribution in [0.15, 0.2) is 42.7 Å². The summed E-state index contributed by atoms with van der Waals surface area (Å²) in [4.78, 5) is 26.3. The van der Waals surface area contributed by atoms with Crippen LogP contribution in [-0.2, 0) is 24.2 Å². The van der Waals surface area contributed by atoms with Crippen molar-refractivity contribution in [3.8, 4) is 11.3 Å². The molecule has 0 saturated carbocycles. The number of pyridine rings is 1. The third-order valence-corrected chi connectivity index (χ3v) is 6.69. The SMILES string of the molecule is CC(C)(C)OC(=O)C(N)(c1cncc(-c2c(Cl)c3ccccc3n2C(=O)O)c1)S(C)(=O)=O. The Morgan fingerprint density at radius 2 is 1.81 bits per heavy atom. The average Bonchev–Trinajstić information content (AvgIpc) is 2.98. The summed E-state index contributed by atoms with van der Waals surface area (Å²) in [6, 6.07) is 7.88. The summed E-state index contributed by atoms with van der Waals surface area (Å²) in [5, 5.41) is 10.4. The Hall–Kier alpha value is -2.95. The van der Waals surface area contributed by atoms with Gasteiger partial charge in [0.25, 0.3) is 0 Å². The van der Waals surface area contributed by atoms with Crippen LogP contribution in [0.5, 0.6) is 0 Å². The van der Waals surface area contributed by atoms with Crippen molar-refractivity contribution < 1.29 is 27.9 Å². The molecular formula is C21H22ClN3O6S. The summed E-state index contributed by atoms with van der Waals surface area (Å²) in [6.07, 6.45) is 1.93. The van der Waals surface area contributed by atoms with Crippen molar-refractivity contribution in [2.75, 3.05) is 6.26 Å². The highest BCUT2D eigenvalue weighted by atomic mass is 35.5. The third kappa shape index (κ3) is 3.96. The van der Waals surface area contributed by atoms with Gasteiger partial charge in [0.2, 0.25) is 4.87 Å². The number of esters is 1. The Balaban J connectivity index is 2.29. The minimum absolute atomic E-state index is 0.0646. The van der Waals surface area contributed by atoms with E-state index in [9.17, 15) is 23.1 Å². The lowest BCUT2D eigenvalue weighted by Crippen LogP contribution is -2.53. The highest BCUT2D eigenvalue weighted by Gasteiger charge is 2.49. The molecule has 0 aliphatic heterocycles. The van der Waals surface area contributed by atoms with Crippen LogP contribution in [0.3, 0.4) is 0 Å². The molecule has 3 aromatic rings. The van der Waals surface area contributed by atoms with Gasteiger partial charge in [-0.2, -0.15) is 0 Å². The number of aromatic nitrogens is 2. The van der Waals surface area contributed by atoms with Gasteiger partial charge in [-0.1, -0.05) is 29.8 Å². The fourth-order valence-electron chi connectivity index (χ4n) is 3.26. The Morgan fingerprint density at radius 3 is 2.38 bits per heavy atom. The molecule has 1 aromatic carbocycles. The smallest absolute Gasteiger partial charge is 0.416 e. The fraction of sp³-hybridized carbons (Fsp3) is 0.286. The van der Waals surface area contributed by atoms with Gasteiger partial charge < -0.3 is 9.84 Å². The fourth-order valence-corrected chi connectivity index (χ4v) is 4.50. The van der Waals surface area contributed by atoms with E-state index in [1.165, 1.54) is 12.3 Å². The van der Waals surface area contributed by atoms with E-state index < -0.39 is 32.4 Å². The lowest BCUT2D eigenvalue weighted by atomic mass is 10.0. The zero-order valence-electron chi connectivity index (χ0n) is 17.8. The summed E-state index contributed by atoms with van der Waals surface area (Å²) in [5.41, 5.74) is 5.51. The molecule has 9 nitrogen and oxygen atoms in total. The summed E-state index contributed by atoms with van der Waals surface area (Å²) in [7, 11) is -4.24. The first-order valence-electron chi connectivity index (χ1n) is 9.38. The van der Waals surface area contributed by atoms with Crippen LogP contribution in [0.4, 0.5) is 4.79 Å². The zero-order valence-corrected chi connectivity index (χ0v) is 19.4. The molecule has 2 heterocycles. The van der Waals surface area contributed by atoms with Crippen LogP contribution < -0.4 is 5.73 Å². The number of sulfone groups is 1. The molecule has 0 saturated heterocycles. The Morgan fingerprint density at radius 1 is 1.19 bits per heavy atom. The minimum atomic E-state index is -4.24. The van der Waals surface area contributed by atoms with Gasteiger partial charge in [-0.15, -0.1) is 0 Å². The van der Waals surface area contributed by atoms with E-state index in [1.54, 1.807) is 45.0 Å². The van der Waals surface area contributed by atoms with Gasteiger partial charge in [0.05, 0.1) is 16.2 Å². The summed E-state index contributed by atoms with van der Waals surface area (Å²) in [5.74, 6) is -1.18. The Labute approximate surface area is 189 Å². The normalized spacial score (nSPS) is 14.2. The van der Waals surface area contributed by atoms with Gasteiger partial charge in [-0.25, -0.2) is 22.6 Å². The van der Waals surface area contributed by atoms with Crippen molar-refractivity contribution in [3.05, 3.63) is 53.3 Å². The number of fused-ring (bicyclic) bond motifs is 1. The predicted octanol–water partition coefficient (Wildman–Crippen LogP) is 3.38. The molecule has 0 aliphatic carbocycles. The van der Waals surface area contributed by atoms with E-state index in [4.69, 9.17) is 22.1 Å². The first-order chi connectivity index (χ1) is 14.7. The number of para-hydroxylation sites is 1. The lowest BCUT2D eigenvalue weighted by Gasteiger charge is -2.30. The molecule has 0 amide bonds. The maximum absolute atomic E-state index is 12.9. The van der Waals surface area contributed by atoms with E-state index in [0.29, 0.717) is 10.9 Å². The van der Waals surface area contributed by atoms with Crippen molar-refractivity contribution in [3.63, 3.8) is 0 Å². The quantitative estimate of drug-likeness (QED) is 0.542. The summed E-state index contributed by atoms with van der Waals surface area (Å²) in [6.45, 7) is 4.73. The van der Waals surface area contributed by atoms with Crippen LogP contribution in [0.25, 0.3) is 22.2 Å². The molecule has 32 heavy (non-hydrogen) atoms. The van der Waals surface area contributed by atoms with Crippen LogP contribution in [0, 0.1) is 0 Å². The number of nitrogens with zero attached hydrogens (tertiary/aromatic N) is 2. The van der Waals surface area contributed by atoms with Crippen LogP contribution in [0.2, 0.25) is 5.02 Å². The van der Waals surface area contributed by atoms with Crippen LogP contribution >= 0.6 is 11.6 Å². The van der Waals surface area contributed by atoms with E-state index in [-0.39, 0.29) is 21.8 Å². The second-order valence-corrected chi connectivity index (χ2v) is 10.8. The standard InChI is InChI=1S/C21H22ClN3O6S/c1-20(2,3)31-18(26)21(23,32(4,29)30)13-9-12(10-24-11-13)17-16(22)14-7-5-6-8-15(14)25(17)19(27)28/h5-11H,23H2,1-4H3,(H,27,28). The van der Waals surface area contributed by atoms with Gasteiger partial charge in [-0.05, 0) is 32.9 Å². The predicted molar refractivity (Wildman–Crippen MR) is 120 cm³/mol. The molecule has 0 aliphatic rings. The number of benzene rings is 1. The third-order valence-electron chi connectivity index (χ3n) is 4.73. The van der Waals surface area contributed by atoms with Crippen molar-refractivity contribution >= 4 is 44.4 Å². The van der Waals surface area contributed by atoms with E-state index in [1.807, 2.05) is 0 Å². The molecule has 170 valence electrons. The molecule has 1 atom stereocenters. The Kier molecular flexibility index (Phi) is 5.83. The number of halogens is 1. The molecule has 0 spiro atoms. The zero-order chi connectivity index (χ0) is 24.1. The first-order valence-corrected chi connectivity index (χ1v) is 11.7. The topological polar surface area (TPSA) is 142 Å². The lowest BCUT2D eigenvalue weighted by molar-refractivity contribution is -0.158. The molecule has 1 unspecified atom stereocenters. The maximum atomic E-state index is 12.9. The van der Waals surface area contributed by atoms with Crippen LogP contribution in [0.1, 0.15) is 26.3 Å². The number of ether oxygens (including phenoxy) is 1. The highest BCUT2D eigenvalue weighted by molar-refractivity contribution is 7.92. The monoisotopic (exact) mass is 479 g/mol. The summed E-state index contributed by atoms with van der Waals surface area (Å²) >= 11 is 6.49. The molecular weight excluding hydrogens is 458 g/mol. The largest absolute Gasteiger partial charge is 0.464 e. The number of carbonyl (C=O) groups excluding carboxylic acids is 1. The number of hydrogen-bond acceptors (Lipinski definition) is 7.